The number of nitrogens with zero attached hydrogens (tertiary/aromatic N) is 1. The molecule has 0 fully saturated rings. The Hall–Kier alpha value is -0.710. The van der Waals surface area contributed by atoms with Gasteiger partial charge in [0.05, 0.1) is 7.11 Å². The highest BCUT2D eigenvalue weighted by Crippen LogP contribution is 2.31. The normalized spacial score (nSPS) is 11.4. The summed E-state index contributed by atoms with van der Waals surface area (Å²) in [5, 5.41) is 0. The van der Waals surface area contributed by atoms with Gasteiger partial charge in [0, 0.05) is 18.3 Å². The van der Waals surface area contributed by atoms with Crippen LogP contribution in [0.5, 0.6) is 0 Å². The number of Topliss-reactive ketones (excluding diaryl/α,β-unsaturated/α-hetero) is 1. The predicted molar refractivity (Wildman–Crippen MR) is 75.3 cm³/mol. The summed E-state index contributed by atoms with van der Waals surface area (Å²) in [6.07, 6.45) is 3.32. The Morgan fingerprint density at radius 2 is 2.00 bits per heavy atom. The van der Waals surface area contributed by atoms with Crippen LogP contribution in [0.4, 0.5) is 0 Å². The Morgan fingerprint density at radius 1 is 1.37 bits per heavy atom. The number of alkyl halides is 3. The molecule has 0 saturated heterocycles. The van der Waals surface area contributed by atoms with Crippen LogP contribution >= 0.6 is 34.8 Å². The number of unbranched alkanes of at least 4 members (excludes halogenated alkanes) is 1. The van der Waals surface area contributed by atoms with Crippen molar-refractivity contribution in [2.24, 2.45) is 0 Å². The SMILES string of the molecule is CCCCn1cc(C(=O)C(Cl)(Cl)Cl)cc1C(=O)OC. The Bertz CT molecular complexity index is 477. The number of carbonyl (C=O) groups is 2. The average molecular weight is 327 g/mol. The van der Waals surface area contributed by atoms with Gasteiger partial charge in [0.25, 0.3) is 3.79 Å². The van der Waals surface area contributed by atoms with E-state index in [9.17, 15) is 9.59 Å². The lowest BCUT2D eigenvalue weighted by Gasteiger charge is -2.07. The van der Waals surface area contributed by atoms with E-state index >= 15 is 0 Å². The molecule has 0 amide bonds. The minimum absolute atomic E-state index is 0.177. The van der Waals surface area contributed by atoms with Crippen LogP contribution < -0.4 is 0 Å². The van der Waals surface area contributed by atoms with Crippen molar-refractivity contribution in [2.75, 3.05) is 7.11 Å². The number of aromatic nitrogens is 1. The van der Waals surface area contributed by atoms with Gasteiger partial charge in [-0.15, -0.1) is 0 Å². The van der Waals surface area contributed by atoms with Gasteiger partial charge in [0.15, 0.2) is 0 Å². The Labute approximate surface area is 126 Å². The van der Waals surface area contributed by atoms with Crippen LogP contribution in [0.3, 0.4) is 0 Å². The molecule has 1 heterocycles. The summed E-state index contributed by atoms with van der Waals surface area (Å²) in [7, 11) is 1.27. The summed E-state index contributed by atoms with van der Waals surface area (Å²) in [5.41, 5.74) is 0.449. The van der Waals surface area contributed by atoms with E-state index in [-0.39, 0.29) is 11.3 Å². The second kappa shape index (κ2) is 6.64. The lowest BCUT2D eigenvalue weighted by molar-refractivity contribution is 0.0588. The van der Waals surface area contributed by atoms with Crippen molar-refractivity contribution in [2.45, 2.75) is 30.1 Å². The molecule has 0 aromatic carbocycles. The maximum absolute atomic E-state index is 11.9. The van der Waals surface area contributed by atoms with Crippen molar-refractivity contribution < 1.29 is 14.3 Å². The van der Waals surface area contributed by atoms with Crippen LogP contribution in [-0.2, 0) is 11.3 Å². The van der Waals surface area contributed by atoms with E-state index < -0.39 is 15.5 Å². The molecule has 1 aromatic heterocycles. The van der Waals surface area contributed by atoms with Crippen LogP contribution in [0.25, 0.3) is 0 Å². The quantitative estimate of drug-likeness (QED) is 0.471. The highest BCUT2D eigenvalue weighted by atomic mass is 35.6. The first-order chi connectivity index (χ1) is 8.81. The van der Waals surface area contributed by atoms with E-state index in [0.29, 0.717) is 6.54 Å². The molecule has 4 nitrogen and oxygen atoms in total. The van der Waals surface area contributed by atoms with Crippen LogP contribution in [-0.4, -0.2) is 27.2 Å². The molecule has 7 heteroatoms. The number of carbonyl (C=O) groups excluding carboxylic acids is 2. The topological polar surface area (TPSA) is 48.3 Å². The van der Waals surface area contributed by atoms with Crippen molar-refractivity contribution in [3.8, 4) is 0 Å². The Balaban J connectivity index is 3.13. The summed E-state index contributed by atoms with van der Waals surface area (Å²) in [6.45, 7) is 2.61. The molecule has 106 valence electrons. The highest BCUT2D eigenvalue weighted by molar-refractivity contribution is 6.77. The number of ketones is 1. The highest BCUT2D eigenvalue weighted by Gasteiger charge is 2.33. The third-order valence-corrected chi connectivity index (χ3v) is 3.08. The van der Waals surface area contributed by atoms with Crippen LogP contribution in [0.2, 0.25) is 0 Å². The molecule has 1 aromatic rings. The second-order valence-corrected chi connectivity index (χ2v) is 6.26. The molecule has 0 aliphatic heterocycles. The van der Waals surface area contributed by atoms with E-state index in [4.69, 9.17) is 34.8 Å². The molecule has 0 aliphatic rings. The molecule has 0 spiro atoms. The van der Waals surface area contributed by atoms with E-state index in [1.165, 1.54) is 19.4 Å². The lowest BCUT2D eigenvalue weighted by atomic mass is 10.2. The zero-order valence-corrected chi connectivity index (χ0v) is 12.8. The van der Waals surface area contributed by atoms with Crippen molar-refractivity contribution in [3.05, 3.63) is 23.5 Å². The van der Waals surface area contributed by atoms with Crippen LogP contribution in [0, 0.1) is 0 Å². The standard InChI is InChI=1S/C12H14Cl3NO3/c1-3-4-5-16-7-8(10(17)12(13,14)15)6-9(16)11(18)19-2/h6-7H,3-5H2,1-2H3. The Morgan fingerprint density at radius 3 is 2.47 bits per heavy atom. The monoisotopic (exact) mass is 325 g/mol. The molecular weight excluding hydrogens is 312 g/mol. The van der Waals surface area contributed by atoms with Gasteiger partial charge >= 0.3 is 5.97 Å². The minimum atomic E-state index is -2.04. The van der Waals surface area contributed by atoms with Crippen molar-refractivity contribution in [3.63, 3.8) is 0 Å². The third-order valence-electron chi connectivity index (χ3n) is 2.56. The summed E-state index contributed by atoms with van der Waals surface area (Å²) in [5.74, 6) is -1.20. The average Bonchev–Trinajstić information content (AvgIpc) is 2.77. The first-order valence-electron chi connectivity index (χ1n) is 5.71. The molecule has 0 N–H and O–H groups in total. The van der Waals surface area contributed by atoms with Gasteiger partial charge < -0.3 is 9.30 Å². The number of hydrogen-bond acceptors (Lipinski definition) is 3. The molecule has 19 heavy (non-hydrogen) atoms. The summed E-state index contributed by atoms with van der Waals surface area (Å²) >= 11 is 16.7. The molecule has 0 aliphatic carbocycles. The number of rotatable bonds is 5. The van der Waals surface area contributed by atoms with Crippen molar-refractivity contribution >= 4 is 46.6 Å². The van der Waals surface area contributed by atoms with E-state index in [1.54, 1.807) is 4.57 Å². The lowest BCUT2D eigenvalue weighted by Crippen LogP contribution is -2.18. The molecule has 1 rings (SSSR count). The summed E-state index contributed by atoms with van der Waals surface area (Å²) in [6, 6.07) is 1.38. The summed E-state index contributed by atoms with van der Waals surface area (Å²) < 4.78 is 4.27. The number of hydrogen-bond donors (Lipinski definition) is 0. The number of aryl methyl sites for hydroxylation is 1. The maximum Gasteiger partial charge on any atom is 0.354 e. The molecular formula is C12H14Cl3NO3. The van der Waals surface area contributed by atoms with E-state index in [2.05, 4.69) is 4.74 Å². The number of halogens is 3. The first-order valence-corrected chi connectivity index (χ1v) is 6.84. The zero-order chi connectivity index (χ0) is 14.6. The molecule has 0 atom stereocenters. The number of ether oxygens (including phenoxy) is 1. The fourth-order valence-electron chi connectivity index (χ4n) is 1.59. The maximum atomic E-state index is 11.9. The van der Waals surface area contributed by atoms with E-state index in [1.807, 2.05) is 6.92 Å². The van der Waals surface area contributed by atoms with Gasteiger partial charge in [0.2, 0.25) is 5.78 Å². The van der Waals surface area contributed by atoms with Gasteiger partial charge in [-0.25, -0.2) is 4.79 Å². The van der Waals surface area contributed by atoms with Gasteiger partial charge in [-0.05, 0) is 12.5 Å². The number of methoxy groups -OCH3 is 1. The molecule has 0 unspecified atom stereocenters. The third kappa shape index (κ3) is 4.13. The zero-order valence-electron chi connectivity index (χ0n) is 10.6. The van der Waals surface area contributed by atoms with Crippen molar-refractivity contribution in [1.82, 2.24) is 4.57 Å². The minimum Gasteiger partial charge on any atom is -0.464 e. The van der Waals surface area contributed by atoms with Gasteiger partial charge in [0.1, 0.15) is 5.69 Å². The largest absolute Gasteiger partial charge is 0.464 e. The number of esters is 1. The molecule has 0 radical (unpaired) electrons. The summed E-state index contributed by atoms with van der Waals surface area (Å²) in [4.78, 5) is 23.5. The van der Waals surface area contributed by atoms with E-state index in [0.717, 1.165) is 12.8 Å². The fraction of sp³-hybridized carbons (Fsp3) is 0.500. The van der Waals surface area contributed by atoms with Gasteiger partial charge in [-0.2, -0.15) is 0 Å². The first kappa shape index (κ1) is 16.3. The van der Waals surface area contributed by atoms with Gasteiger partial charge in [-0.1, -0.05) is 48.1 Å². The molecule has 0 saturated carbocycles. The second-order valence-electron chi connectivity index (χ2n) is 3.98. The Kier molecular flexibility index (Phi) is 5.71. The van der Waals surface area contributed by atoms with Gasteiger partial charge in [-0.3, -0.25) is 4.79 Å². The van der Waals surface area contributed by atoms with Crippen LogP contribution in [0.15, 0.2) is 12.3 Å². The fourth-order valence-corrected chi connectivity index (χ4v) is 1.91. The molecule has 0 bridgehead atoms. The van der Waals surface area contributed by atoms with Crippen molar-refractivity contribution in [1.29, 1.82) is 0 Å². The smallest absolute Gasteiger partial charge is 0.354 e. The predicted octanol–water partition coefficient (Wildman–Crippen LogP) is 3.63. The van der Waals surface area contributed by atoms with Crippen LogP contribution in [0.1, 0.15) is 40.6 Å².